The number of rotatable bonds is 23. The normalized spacial score (nSPS) is 13.2. The van der Waals surface area contributed by atoms with Crippen LogP contribution in [0, 0.1) is 6.92 Å². The molecule has 0 unspecified atom stereocenters. The Kier molecular flexibility index (Phi) is 18.0. The average Bonchev–Trinajstić information content (AvgIpc) is 3.70. The second-order valence-corrected chi connectivity index (χ2v) is 16.9. The van der Waals surface area contributed by atoms with E-state index in [2.05, 4.69) is 36.9 Å². The number of fused-ring (bicyclic) bond motifs is 1. The fourth-order valence-electron chi connectivity index (χ4n) is 7.24. The molecular formula is C48H54N8O10S. The molecule has 7 amide bonds. The first-order valence-electron chi connectivity index (χ1n) is 21.3. The Morgan fingerprint density at radius 1 is 0.672 bits per heavy atom. The Bertz CT molecular complexity index is 2590. The third kappa shape index (κ3) is 14.9. The molecule has 352 valence electrons. The number of phenolic OH excluding ortho intramolecular Hbond substituents is 1. The summed E-state index contributed by atoms with van der Waals surface area (Å²) >= 11 is 1.37. The molecule has 0 bridgehead atoms. The molecule has 4 aromatic carbocycles. The average molecular weight is 935 g/mol. The number of carboxylic acid groups (broad SMARTS) is 1. The van der Waals surface area contributed by atoms with Gasteiger partial charge in [-0.05, 0) is 77.9 Å². The molecule has 0 fully saturated rings. The van der Waals surface area contributed by atoms with Crippen LogP contribution in [0.2, 0.25) is 0 Å². The van der Waals surface area contributed by atoms with Gasteiger partial charge in [-0.1, -0.05) is 66.7 Å². The molecule has 11 N–H and O–H groups in total. The quantitative estimate of drug-likeness (QED) is 0.0454. The number of primary amides is 1. The number of carbonyl (C=O) groups excluding carboxylic acids is 7. The summed E-state index contributed by atoms with van der Waals surface area (Å²) in [6.45, 7) is 2.94. The Balaban J connectivity index is 1.38. The second-order valence-electron chi connectivity index (χ2n) is 15.9. The molecule has 1 aromatic heterocycles. The zero-order chi connectivity index (χ0) is 48.6. The number of aliphatic carboxylic acids is 1. The SMILES string of the molecule is CSCC[C@H](NC(=O)[C@H](Cc1c[nH]c2ccccc12)NC(=O)c1cc(NC(=O)[C@H](Cc2ccc(O)cc2)NC(C)=O)ccc1C)C(=O)N[C@@H](CC(=O)O)C(=O)N[C@@H](Cc1ccccc1)C(N)=O. The van der Waals surface area contributed by atoms with Crippen molar-refractivity contribution in [2.75, 3.05) is 17.3 Å². The van der Waals surface area contributed by atoms with Crippen LogP contribution in [-0.2, 0) is 52.8 Å². The Labute approximate surface area is 390 Å². The lowest BCUT2D eigenvalue weighted by atomic mass is 10.0. The summed E-state index contributed by atoms with van der Waals surface area (Å²) in [6.07, 6.45) is 2.72. The summed E-state index contributed by atoms with van der Waals surface area (Å²) in [7, 11) is 0. The van der Waals surface area contributed by atoms with E-state index < -0.39 is 83.9 Å². The van der Waals surface area contributed by atoms with Gasteiger partial charge < -0.3 is 52.8 Å². The van der Waals surface area contributed by atoms with Gasteiger partial charge in [0, 0.05) is 54.5 Å². The molecule has 5 atom stereocenters. The number of amides is 7. The van der Waals surface area contributed by atoms with Crippen LogP contribution in [0.1, 0.15) is 52.4 Å². The highest BCUT2D eigenvalue weighted by atomic mass is 32.2. The maximum Gasteiger partial charge on any atom is 0.305 e. The van der Waals surface area contributed by atoms with Crippen molar-refractivity contribution in [2.45, 2.75) is 76.2 Å². The van der Waals surface area contributed by atoms with E-state index in [1.54, 1.807) is 74.0 Å². The van der Waals surface area contributed by atoms with E-state index in [4.69, 9.17) is 5.73 Å². The highest BCUT2D eigenvalue weighted by Gasteiger charge is 2.33. The van der Waals surface area contributed by atoms with Crippen LogP contribution >= 0.6 is 11.8 Å². The minimum absolute atomic E-state index is 0.00516. The summed E-state index contributed by atoms with van der Waals surface area (Å²) in [6, 6.07) is 20.3. The predicted molar refractivity (Wildman–Crippen MR) is 253 cm³/mol. The summed E-state index contributed by atoms with van der Waals surface area (Å²) in [5.74, 6) is -6.28. The number of thioether (sulfide) groups is 1. The highest BCUT2D eigenvalue weighted by molar-refractivity contribution is 7.98. The molecule has 0 saturated heterocycles. The lowest BCUT2D eigenvalue weighted by Gasteiger charge is -2.26. The summed E-state index contributed by atoms with van der Waals surface area (Å²) < 4.78 is 0. The fraction of sp³-hybridized carbons (Fsp3) is 0.292. The van der Waals surface area contributed by atoms with Crippen molar-refractivity contribution in [3.63, 3.8) is 0 Å². The predicted octanol–water partition coefficient (Wildman–Crippen LogP) is 2.62. The van der Waals surface area contributed by atoms with Crippen LogP contribution < -0.4 is 37.6 Å². The number of aromatic hydroxyl groups is 1. The molecule has 19 heteroatoms. The Hall–Kier alpha value is -7.67. The van der Waals surface area contributed by atoms with Crippen LogP contribution in [0.3, 0.4) is 0 Å². The van der Waals surface area contributed by atoms with Gasteiger partial charge in [-0.3, -0.25) is 38.4 Å². The van der Waals surface area contributed by atoms with Crippen LogP contribution in [-0.4, -0.2) is 105 Å². The van der Waals surface area contributed by atoms with Crippen LogP contribution in [0.5, 0.6) is 5.75 Å². The number of aryl methyl sites for hydroxylation is 1. The molecular weight excluding hydrogens is 881 g/mol. The number of aromatic nitrogens is 1. The highest BCUT2D eigenvalue weighted by Crippen LogP contribution is 2.21. The van der Waals surface area contributed by atoms with Gasteiger partial charge in [0.2, 0.25) is 35.4 Å². The van der Waals surface area contributed by atoms with Crippen molar-refractivity contribution in [3.05, 3.63) is 131 Å². The number of hydrogen-bond donors (Lipinski definition) is 10. The van der Waals surface area contributed by atoms with E-state index in [0.717, 1.165) is 10.9 Å². The number of nitrogens with two attached hydrogens (primary N) is 1. The van der Waals surface area contributed by atoms with E-state index in [1.807, 2.05) is 24.3 Å². The van der Waals surface area contributed by atoms with Gasteiger partial charge in [0.15, 0.2) is 0 Å². The maximum absolute atomic E-state index is 14.4. The molecule has 5 rings (SSSR count). The van der Waals surface area contributed by atoms with Gasteiger partial charge >= 0.3 is 5.97 Å². The van der Waals surface area contributed by atoms with Crippen molar-refractivity contribution in [1.29, 1.82) is 0 Å². The fourth-order valence-corrected chi connectivity index (χ4v) is 7.71. The number of carbonyl (C=O) groups is 8. The van der Waals surface area contributed by atoms with Crippen molar-refractivity contribution >= 4 is 75.7 Å². The topological polar surface area (TPSA) is 291 Å². The number of aromatic amines is 1. The second kappa shape index (κ2) is 24.0. The summed E-state index contributed by atoms with van der Waals surface area (Å²) in [5, 5.41) is 36.0. The number of hydrogen-bond acceptors (Lipinski definition) is 10. The van der Waals surface area contributed by atoms with E-state index >= 15 is 0 Å². The molecule has 67 heavy (non-hydrogen) atoms. The largest absolute Gasteiger partial charge is 0.508 e. The lowest BCUT2D eigenvalue weighted by Crippen LogP contribution is -2.59. The number of nitrogens with one attached hydrogen (secondary N) is 7. The van der Waals surface area contributed by atoms with Gasteiger partial charge in [0.05, 0.1) is 6.42 Å². The third-order valence-corrected chi connectivity index (χ3v) is 11.4. The molecule has 1 heterocycles. The molecule has 18 nitrogen and oxygen atoms in total. The van der Waals surface area contributed by atoms with Gasteiger partial charge in [-0.15, -0.1) is 0 Å². The van der Waals surface area contributed by atoms with Gasteiger partial charge in [-0.25, -0.2) is 0 Å². The Morgan fingerprint density at radius 2 is 1.27 bits per heavy atom. The zero-order valence-corrected chi connectivity index (χ0v) is 37.9. The monoisotopic (exact) mass is 934 g/mol. The number of phenols is 1. The van der Waals surface area contributed by atoms with Gasteiger partial charge in [0.1, 0.15) is 36.0 Å². The Morgan fingerprint density at radius 3 is 1.94 bits per heavy atom. The summed E-state index contributed by atoms with van der Waals surface area (Å²) in [5.41, 5.74) is 9.17. The van der Waals surface area contributed by atoms with Gasteiger partial charge in [0.25, 0.3) is 5.91 Å². The van der Waals surface area contributed by atoms with Gasteiger partial charge in [-0.2, -0.15) is 11.8 Å². The maximum atomic E-state index is 14.4. The number of anilines is 1. The molecule has 0 aliphatic carbocycles. The van der Waals surface area contributed by atoms with Crippen LogP contribution in [0.4, 0.5) is 5.69 Å². The lowest BCUT2D eigenvalue weighted by molar-refractivity contribution is -0.141. The third-order valence-electron chi connectivity index (χ3n) is 10.7. The standard InChI is InChI=1S/C48H54N8O10S/c1-27-13-16-32(52-46(64)39(51-28(2)57)22-30-14-17-33(58)18-15-30)24-35(27)44(62)55-40(23-31-26-50-36-12-8-7-11-34(31)36)47(65)53-37(19-20-67-3)45(63)56-41(25-42(59)60)48(66)54-38(43(49)61)21-29-9-5-4-6-10-29/h4-18,24,26,37-41,50,58H,19-23,25H2,1-3H3,(H2,49,61)(H,51,57)(H,52,64)(H,53,65)(H,54,66)(H,55,62)(H,56,63)(H,59,60)/t37-,38-,39-,40-,41-/m0/s1. The zero-order valence-electron chi connectivity index (χ0n) is 37.1. The number of benzene rings is 4. The van der Waals surface area contributed by atoms with E-state index in [-0.39, 0.29) is 42.7 Å². The van der Waals surface area contributed by atoms with Crippen molar-refractivity contribution in [2.24, 2.45) is 5.73 Å². The van der Waals surface area contributed by atoms with Crippen molar-refractivity contribution < 1.29 is 48.6 Å². The summed E-state index contributed by atoms with van der Waals surface area (Å²) in [4.78, 5) is 109. The van der Waals surface area contributed by atoms with E-state index in [9.17, 15) is 48.6 Å². The minimum Gasteiger partial charge on any atom is -0.508 e. The minimum atomic E-state index is -1.67. The first kappa shape index (κ1) is 50.3. The molecule has 0 spiro atoms. The molecule has 0 aliphatic rings. The number of para-hydroxylation sites is 1. The molecule has 0 radical (unpaired) electrons. The van der Waals surface area contributed by atoms with Crippen molar-refractivity contribution in [1.82, 2.24) is 31.6 Å². The number of carboxylic acids is 1. The molecule has 5 aromatic rings. The van der Waals surface area contributed by atoms with Crippen molar-refractivity contribution in [3.8, 4) is 5.75 Å². The number of H-pyrrole nitrogens is 1. The van der Waals surface area contributed by atoms with E-state index in [1.165, 1.54) is 36.9 Å². The first-order valence-corrected chi connectivity index (χ1v) is 22.7. The van der Waals surface area contributed by atoms with E-state index in [0.29, 0.717) is 28.0 Å². The molecule has 0 saturated carbocycles. The first-order chi connectivity index (χ1) is 32.0. The van der Waals surface area contributed by atoms with Crippen LogP contribution in [0.15, 0.2) is 103 Å². The smallest absolute Gasteiger partial charge is 0.305 e. The van der Waals surface area contributed by atoms with Crippen LogP contribution in [0.25, 0.3) is 10.9 Å². The molecule has 0 aliphatic heterocycles.